The summed E-state index contributed by atoms with van der Waals surface area (Å²) in [6, 6.07) is 8.81. The highest BCUT2D eigenvalue weighted by molar-refractivity contribution is 7.07. The molecule has 34 heavy (non-hydrogen) atoms. The maximum atomic E-state index is 14.3. The molecule has 1 aromatic heterocycles. The number of ether oxygens (including phenoxy) is 1. The van der Waals surface area contributed by atoms with Crippen LogP contribution in [0.15, 0.2) is 46.8 Å². The minimum atomic E-state index is -0.738. The number of halogens is 2. The van der Waals surface area contributed by atoms with Crippen LogP contribution >= 0.6 is 11.3 Å². The van der Waals surface area contributed by atoms with E-state index in [9.17, 15) is 18.4 Å². The highest BCUT2D eigenvalue weighted by atomic mass is 32.1. The Labute approximate surface area is 198 Å². The summed E-state index contributed by atoms with van der Waals surface area (Å²) in [5.41, 5.74) is 2.29. The number of rotatable bonds is 6. The van der Waals surface area contributed by atoms with Gasteiger partial charge < -0.3 is 19.5 Å². The number of carbonyl (C=O) groups is 2. The predicted octanol–water partition coefficient (Wildman–Crippen LogP) is 4.07. The molecular weight excluding hydrogens is 462 g/mol. The molecule has 0 radical (unpaired) electrons. The van der Waals surface area contributed by atoms with Gasteiger partial charge in [0, 0.05) is 43.1 Å². The number of amides is 2. The van der Waals surface area contributed by atoms with E-state index >= 15 is 0 Å². The van der Waals surface area contributed by atoms with Crippen LogP contribution in [-0.2, 0) is 16.1 Å². The van der Waals surface area contributed by atoms with Crippen molar-refractivity contribution in [2.24, 2.45) is 4.99 Å². The van der Waals surface area contributed by atoms with Gasteiger partial charge in [-0.25, -0.2) is 13.8 Å². The highest BCUT2D eigenvalue weighted by Gasteiger charge is 2.20. The van der Waals surface area contributed by atoms with Crippen LogP contribution in [0.1, 0.15) is 19.3 Å². The van der Waals surface area contributed by atoms with Gasteiger partial charge in [-0.3, -0.25) is 9.59 Å². The van der Waals surface area contributed by atoms with Crippen LogP contribution in [-0.4, -0.2) is 41.0 Å². The number of benzene rings is 2. The Balaban J connectivity index is 1.51. The van der Waals surface area contributed by atoms with Crippen LogP contribution in [0.5, 0.6) is 5.75 Å². The van der Waals surface area contributed by atoms with Crippen LogP contribution < -0.4 is 14.9 Å². The van der Waals surface area contributed by atoms with E-state index in [1.54, 1.807) is 6.07 Å². The van der Waals surface area contributed by atoms with Gasteiger partial charge in [-0.1, -0.05) is 0 Å². The van der Waals surface area contributed by atoms with E-state index in [-0.39, 0.29) is 24.1 Å². The van der Waals surface area contributed by atoms with Gasteiger partial charge in [0.05, 0.1) is 11.4 Å². The lowest BCUT2D eigenvalue weighted by Gasteiger charge is -2.19. The molecule has 3 heterocycles. The number of anilines is 1. The zero-order valence-corrected chi connectivity index (χ0v) is 19.0. The van der Waals surface area contributed by atoms with Crippen LogP contribution in [0, 0.1) is 11.6 Å². The van der Waals surface area contributed by atoms with E-state index in [0.717, 1.165) is 30.3 Å². The predicted molar refractivity (Wildman–Crippen MR) is 124 cm³/mol. The molecule has 0 atom stereocenters. The molecule has 2 aliphatic rings. The third kappa shape index (κ3) is 4.58. The quantitative estimate of drug-likeness (QED) is 0.573. The third-order valence-electron chi connectivity index (χ3n) is 5.81. The minimum Gasteiger partial charge on any atom is -0.482 e. The van der Waals surface area contributed by atoms with Gasteiger partial charge >= 0.3 is 0 Å². The molecule has 0 unspecified atom stereocenters. The summed E-state index contributed by atoms with van der Waals surface area (Å²) in [7, 11) is 0. The van der Waals surface area contributed by atoms with Crippen molar-refractivity contribution in [3.05, 3.63) is 58.2 Å². The molecule has 0 aliphatic carbocycles. The van der Waals surface area contributed by atoms with Crippen molar-refractivity contribution in [1.29, 1.82) is 0 Å². The molecule has 176 valence electrons. The Morgan fingerprint density at radius 1 is 1.12 bits per heavy atom. The lowest BCUT2D eigenvalue weighted by atomic mass is 10.1. The molecule has 1 N–H and O–H groups in total. The van der Waals surface area contributed by atoms with Crippen LogP contribution in [0.4, 0.5) is 20.2 Å². The molecule has 0 saturated carbocycles. The fourth-order valence-corrected chi connectivity index (χ4v) is 5.09. The second-order valence-corrected chi connectivity index (χ2v) is 8.98. The summed E-state index contributed by atoms with van der Waals surface area (Å²) in [6.07, 6.45) is 2.16. The van der Waals surface area contributed by atoms with Crippen molar-refractivity contribution in [2.45, 2.75) is 25.8 Å². The smallest absolute Gasteiger partial charge is 0.262 e. The molecule has 2 aromatic carbocycles. The van der Waals surface area contributed by atoms with Crippen molar-refractivity contribution >= 4 is 34.5 Å². The number of hydrogen-bond donors (Lipinski definition) is 1. The number of aromatic nitrogens is 1. The Morgan fingerprint density at radius 2 is 2.00 bits per heavy atom. The Bertz CT molecular complexity index is 1330. The Morgan fingerprint density at radius 3 is 2.79 bits per heavy atom. The molecule has 1 fully saturated rings. The Kier molecular flexibility index (Phi) is 6.14. The molecule has 2 aliphatic heterocycles. The van der Waals surface area contributed by atoms with E-state index < -0.39 is 11.6 Å². The summed E-state index contributed by atoms with van der Waals surface area (Å²) in [4.78, 5) is 30.6. The van der Waals surface area contributed by atoms with Crippen LogP contribution in [0.25, 0.3) is 11.3 Å². The zero-order chi connectivity index (χ0) is 23.7. The number of fused-ring (bicyclic) bond motifs is 1. The summed E-state index contributed by atoms with van der Waals surface area (Å²) in [5.74, 6) is -0.863. The highest BCUT2D eigenvalue weighted by Crippen LogP contribution is 2.33. The number of nitrogens with zero attached hydrogens (tertiary/aromatic N) is 3. The SMILES string of the molecule is O=C1COc2ccc(-c3csc(=Nc4ccc(F)cc4F)n3CCCN3CCCC3=O)cc2N1. The normalized spacial score (nSPS) is 15.9. The van der Waals surface area contributed by atoms with Gasteiger partial charge in [-0.2, -0.15) is 0 Å². The molecular formula is C24H22F2N4O3S. The Hall–Kier alpha value is -3.53. The van der Waals surface area contributed by atoms with Crippen LogP contribution in [0.2, 0.25) is 0 Å². The number of thiazole rings is 1. The summed E-state index contributed by atoms with van der Waals surface area (Å²) in [5, 5.41) is 4.72. The van der Waals surface area contributed by atoms with E-state index in [2.05, 4.69) is 10.3 Å². The largest absolute Gasteiger partial charge is 0.482 e. The van der Waals surface area contributed by atoms with Gasteiger partial charge in [-0.05, 0) is 43.2 Å². The third-order valence-corrected chi connectivity index (χ3v) is 6.68. The van der Waals surface area contributed by atoms with Crippen molar-refractivity contribution in [3.8, 4) is 17.0 Å². The van der Waals surface area contributed by atoms with Crippen molar-refractivity contribution < 1.29 is 23.1 Å². The molecule has 5 rings (SSSR count). The molecule has 7 nitrogen and oxygen atoms in total. The first kappa shape index (κ1) is 22.3. The second kappa shape index (κ2) is 9.38. The topological polar surface area (TPSA) is 75.9 Å². The first-order valence-electron chi connectivity index (χ1n) is 11.0. The number of carbonyl (C=O) groups excluding carboxylic acids is 2. The van der Waals surface area contributed by atoms with E-state index in [0.29, 0.717) is 42.2 Å². The summed E-state index contributed by atoms with van der Waals surface area (Å²) in [6.45, 7) is 1.92. The van der Waals surface area contributed by atoms with Crippen molar-refractivity contribution in [3.63, 3.8) is 0 Å². The number of likely N-dealkylation sites (tertiary alicyclic amines) is 1. The summed E-state index contributed by atoms with van der Waals surface area (Å²) < 4.78 is 35.0. The van der Waals surface area contributed by atoms with Gasteiger partial charge in [0.25, 0.3) is 5.91 Å². The molecule has 10 heteroatoms. The summed E-state index contributed by atoms with van der Waals surface area (Å²) >= 11 is 1.34. The average molecular weight is 485 g/mol. The molecule has 3 aromatic rings. The van der Waals surface area contributed by atoms with Gasteiger partial charge in [0.1, 0.15) is 17.3 Å². The first-order chi connectivity index (χ1) is 16.5. The van der Waals surface area contributed by atoms with Crippen molar-refractivity contribution in [1.82, 2.24) is 9.47 Å². The van der Waals surface area contributed by atoms with E-state index in [1.165, 1.54) is 23.5 Å². The average Bonchev–Trinajstić information content (AvgIpc) is 3.41. The maximum absolute atomic E-state index is 14.3. The lowest BCUT2D eigenvalue weighted by molar-refractivity contribution is -0.127. The zero-order valence-electron chi connectivity index (χ0n) is 18.2. The minimum absolute atomic E-state index is 0.0215. The lowest BCUT2D eigenvalue weighted by Crippen LogP contribution is -2.27. The van der Waals surface area contributed by atoms with Gasteiger partial charge in [0.2, 0.25) is 5.91 Å². The number of nitrogens with one attached hydrogen (secondary N) is 1. The first-order valence-corrected chi connectivity index (χ1v) is 11.9. The fourth-order valence-electron chi connectivity index (χ4n) is 4.14. The molecule has 1 saturated heterocycles. The molecule has 2 amide bonds. The van der Waals surface area contributed by atoms with Crippen LogP contribution in [0.3, 0.4) is 0 Å². The maximum Gasteiger partial charge on any atom is 0.262 e. The standard InChI is InChI=1S/C24H22F2N4O3S/c25-16-5-6-18(17(26)12-16)28-24-30(10-2-9-29-8-1-3-23(29)32)20(14-34-24)15-4-7-21-19(11-15)27-22(31)13-33-21/h4-7,11-12,14H,1-3,8-10,13H2,(H,27,31). The van der Waals surface area contributed by atoms with Crippen molar-refractivity contribution in [2.75, 3.05) is 25.0 Å². The van der Waals surface area contributed by atoms with E-state index in [1.807, 2.05) is 27.0 Å². The fraction of sp³-hybridized carbons (Fsp3) is 0.292. The monoisotopic (exact) mass is 484 g/mol. The number of hydrogen-bond acceptors (Lipinski definition) is 5. The van der Waals surface area contributed by atoms with Gasteiger partial charge in [-0.15, -0.1) is 11.3 Å². The van der Waals surface area contributed by atoms with E-state index in [4.69, 9.17) is 4.74 Å². The second-order valence-electron chi connectivity index (χ2n) is 8.15. The molecule has 0 spiro atoms. The van der Waals surface area contributed by atoms with Gasteiger partial charge in [0.15, 0.2) is 17.2 Å². The molecule has 0 bridgehead atoms.